The summed E-state index contributed by atoms with van der Waals surface area (Å²) in [4.78, 5) is 31.4. The number of hydrogen-bond acceptors (Lipinski definition) is 5. The molecule has 0 aliphatic carbocycles. The van der Waals surface area contributed by atoms with Gasteiger partial charge in [-0.25, -0.2) is 18.7 Å². The Kier molecular flexibility index (Phi) is 4.34. The molecule has 0 fully saturated rings. The Balaban J connectivity index is 1.35. The number of anilines is 1. The minimum absolute atomic E-state index is 0.0107. The Hall–Kier alpha value is -3.56. The molecule has 2 aliphatic rings. The van der Waals surface area contributed by atoms with Crippen molar-refractivity contribution in [2.24, 2.45) is 0 Å². The van der Waals surface area contributed by atoms with E-state index in [1.54, 1.807) is 46.9 Å². The predicted molar refractivity (Wildman–Crippen MR) is 104 cm³/mol. The van der Waals surface area contributed by atoms with Gasteiger partial charge in [-0.3, -0.25) is 14.5 Å². The van der Waals surface area contributed by atoms with Gasteiger partial charge in [-0.1, -0.05) is 18.2 Å². The van der Waals surface area contributed by atoms with Gasteiger partial charge in [-0.2, -0.15) is 5.10 Å². The van der Waals surface area contributed by atoms with Crippen LogP contribution in [0.25, 0.3) is 0 Å². The average molecular weight is 409 g/mol. The highest BCUT2D eigenvalue weighted by molar-refractivity contribution is 6.00. The molecule has 154 valence electrons. The highest BCUT2D eigenvalue weighted by atomic mass is 19.1. The van der Waals surface area contributed by atoms with Crippen molar-refractivity contribution >= 4 is 17.6 Å². The molecule has 1 unspecified atom stereocenters. The second-order valence-corrected chi connectivity index (χ2v) is 7.50. The van der Waals surface area contributed by atoms with E-state index in [0.717, 1.165) is 0 Å². The quantitative estimate of drug-likeness (QED) is 0.704. The molecule has 4 heterocycles. The van der Waals surface area contributed by atoms with Crippen molar-refractivity contribution in [2.75, 3.05) is 11.9 Å². The van der Waals surface area contributed by atoms with Crippen LogP contribution in [0.5, 0.6) is 0 Å². The highest BCUT2D eigenvalue weighted by Crippen LogP contribution is 2.31. The highest BCUT2D eigenvalue weighted by Gasteiger charge is 2.33. The SMILES string of the molecule is CN1C(=O)C(NC(=O)c2nc3n(n2)[C@@H](c2ccccc2F)CC3)CCn2nccc21. The van der Waals surface area contributed by atoms with Crippen molar-refractivity contribution in [2.45, 2.75) is 37.9 Å². The van der Waals surface area contributed by atoms with Crippen molar-refractivity contribution in [3.05, 3.63) is 59.6 Å². The third-order valence-electron chi connectivity index (χ3n) is 5.71. The van der Waals surface area contributed by atoms with E-state index >= 15 is 0 Å². The van der Waals surface area contributed by atoms with Crippen LogP contribution in [-0.4, -0.2) is 49.4 Å². The zero-order valence-electron chi connectivity index (χ0n) is 16.3. The topological polar surface area (TPSA) is 97.9 Å². The van der Waals surface area contributed by atoms with Crippen LogP contribution >= 0.6 is 0 Å². The molecule has 9 nitrogen and oxygen atoms in total. The fraction of sp³-hybridized carbons (Fsp3) is 0.350. The number of aromatic nitrogens is 5. The van der Waals surface area contributed by atoms with Crippen LogP contribution in [0.3, 0.4) is 0 Å². The summed E-state index contributed by atoms with van der Waals surface area (Å²) in [6.45, 7) is 0.506. The van der Waals surface area contributed by atoms with Gasteiger partial charge in [0.05, 0.1) is 12.2 Å². The summed E-state index contributed by atoms with van der Waals surface area (Å²) in [6, 6.07) is 7.31. The Morgan fingerprint density at radius 3 is 2.90 bits per heavy atom. The van der Waals surface area contributed by atoms with E-state index in [0.29, 0.717) is 43.0 Å². The standard InChI is InChI=1S/C20H20FN7O2/c1-26-17-8-10-22-27(17)11-9-14(20(26)30)23-19(29)18-24-16-7-6-15(28(16)25-18)12-4-2-3-5-13(12)21/h2-5,8,10,14-15H,6-7,9,11H2,1H3,(H,23,29)/t14?,15-/m1/s1. The minimum atomic E-state index is -0.704. The number of fused-ring (bicyclic) bond motifs is 2. The number of nitrogens with zero attached hydrogens (tertiary/aromatic N) is 6. The van der Waals surface area contributed by atoms with E-state index in [2.05, 4.69) is 20.5 Å². The summed E-state index contributed by atoms with van der Waals surface area (Å²) < 4.78 is 17.6. The molecular weight excluding hydrogens is 389 g/mol. The molecule has 0 saturated heterocycles. The molecule has 2 amide bonds. The maximum absolute atomic E-state index is 14.2. The number of hydrogen-bond donors (Lipinski definition) is 1. The van der Waals surface area contributed by atoms with Crippen LogP contribution in [-0.2, 0) is 17.8 Å². The molecule has 30 heavy (non-hydrogen) atoms. The lowest BCUT2D eigenvalue weighted by molar-refractivity contribution is -0.120. The number of carbonyl (C=O) groups excluding carboxylic acids is 2. The molecule has 1 aromatic carbocycles. The molecule has 2 aliphatic heterocycles. The zero-order valence-corrected chi connectivity index (χ0v) is 16.3. The first-order valence-corrected chi connectivity index (χ1v) is 9.83. The lowest BCUT2D eigenvalue weighted by Crippen LogP contribution is -2.47. The van der Waals surface area contributed by atoms with Crippen molar-refractivity contribution in [3.8, 4) is 0 Å². The van der Waals surface area contributed by atoms with Crippen LogP contribution in [0.15, 0.2) is 36.5 Å². The van der Waals surface area contributed by atoms with E-state index in [1.807, 2.05) is 0 Å². The molecule has 1 N–H and O–H groups in total. The predicted octanol–water partition coefficient (Wildman–Crippen LogP) is 1.31. The summed E-state index contributed by atoms with van der Waals surface area (Å²) in [5, 5.41) is 11.3. The van der Waals surface area contributed by atoms with E-state index in [1.165, 1.54) is 11.0 Å². The zero-order chi connectivity index (χ0) is 20.8. The molecule has 0 saturated carbocycles. The molecule has 0 radical (unpaired) electrons. The molecule has 5 rings (SSSR count). The second kappa shape index (κ2) is 7.05. The maximum Gasteiger partial charge on any atom is 0.291 e. The van der Waals surface area contributed by atoms with Crippen LogP contribution in [0, 0.1) is 5.82 Å². The molecule has 2 atom stereocenters. The lowest BCUT2D eigenvalue weighted by Gasteiger charge is -2.19. The number of aryl methyl sites for hydroxylation is 2. The van der Waals surface area contributed by atoms with Crippen LogP contribution in [0.1, 0.15) is 40.9 Å². The normalized spacial score (nSPS) is 20.6. The van der Waals surface area contributed by atoms with E-state index in [9.17, 15) is 14.0 Å². The number of benzene rings is 1. The number of rotatable bonds is 3. The summed E-state index contributed by atoms with van der Waals surface area (Å²) in [6.07, 6.45) is 3.33. The van der Waals surface area contributed by atoms with Crippen molar-refractivity contribution < 1.29 is 14.0 Å². The summed E-state index contributed by atoms with van der Waals surface area (Å²) in [5.74, 6) is 0.264. The van der Waals surface area contributed by atoms with Gasteiger partial charge in [0.15, 0.2) is 0 Å². The van der Waals surface area contributed by atoms with Gasteiger partial charge in [0.2, 0.25) is 5.82 Å². The Morgan fingerprint density at radius 2 is 2.07 bits per heavy atom. The molecular formula is C20H20FN7O2. The van der Waals surface area contributed by atoms with Crippen LogP contribution < -0.4 is 10.2 Å². The Labute approximate surface area is 171 Å². The first kappa shape index (κ1) is 18.5. The molecule has 10 heteroatoms. The van der Waals surface area contributed by atoms with E-state index < -0.39 is 11.9 Å². The number of amides is 2. The van der Waals surface area contributed by atoms with Gasteiger partial charge in [0.1, 0.15) is 23.5 Å². The maximum atomic E-state index is 14.2. The second-order valence-electron chi connectivity index (χ2n) is 7.50. The monoisotopic (exact) mass is 409 g/mol. The lowest BCUT2D eigenvalue weighted by atomic mass is 10.0. The fourth-order valence-electron chi connectivity index (χ4n) is 4.15. The van der Waals surface area contributed by atoms with Gasteiger partial charge in [0, 0.05) is 31.6 Å². The third kappa shape index (κ3) is 2.95. The number of likely N-dealkylation sites (N-methyl/N-ethyl adjacent to an activating group) is 1. The van der Waals surface area contributed by atoms with Crippen molar-refractivity contribution in [1.29, 1.82) is 0 Å². The summed E-state index contributed by atoms with van der Waals surface area (Å²) >= 11 is 0. The van der Waals surface area contributed by atoms with Crippen LogP contribution in [0.4, 0.5) is 10.2 Å². The fourth-order valence-corrected chi connectivity index (χ4v) is 4.15. The summed E-state index contributed by atoms with van der Waals surface area (Å²) in [7, 11) is 1.66. The summed E-state index contributed by atoms with van der Waals surface area (Å²) in [5.41, 5.74) is 0.531. The first-order chi connectivity index (χ1) is 14.5. The van der Waals surface area contributed by atoms with Crippen LogP contribution in [0.2, 0.25) is 0 Å². The number of halogens is 1. The molecule has 3 aromatic rings. The smallest absolute Gasteiger partial charge is 0.291 e. The minimum Gasteiger partial charge on any atom is -0.337 e. The molecule has 0 spiro atoms. The third-order valence-corrected chi connectivity index (χ3v) is 5.71. The average Bonchev–Trinajstić information content (AvgIpc) is 3.44. The van der Waals surface area contributed by atoms with E-state index in [-0.39, 0.29) is 23.6 Å². The van der Waals surface area contributed by atoms with Gasteiger partial charge < -0.3 is 5.32 Å². The Morgan fingerprint density at radius 1 is 1.23 bits per heavy atom. The largest absolute Gasteiger partial charge is 0.337 e. The van der Waals surface area contributed by atoms with E-state index in [4.69, 9.17) is 0 Å². The Bertz CT molecular complexity index is 1140. The molecule has 2 aromatic heterocycles. The van der Waals surface area contributed by atoms with Crippen molar-refractivity contribution in [3.63, 3.8) is 0 Å². The number of nitrogens with one attached hydrogen (secondary N) is 1. The molecule has 0 bridgehead atoms. The van der Waals surface area contributed by atoms with Gasteiger partial charge >= 0.3 is 0 Å². The van der Waals surface area contributed by atoms with Gasteiger partial charge in [0.25, 0.3) is 11.8 Å². The first-order valence-electron chi connectivity index (χ1n) is 9.83. The van der Waals surface area contributed by atoms with Gasteiger partial charge in [-0.05, 0) is 18.9 Å². The number of carbonyl (C=O) groups is 2. The van der Waals surface area contributed by atoms with Gasteiger partial charge in [-0.15, -0.1) is 5.10 Å². The van der Waals surface area contributed by atoms with Crippen molar-refractivity contribution in [1.82, 2.24) is 29.9 Å².